The van der Waals surface area contributed by atoms with E-state index in [1.54, 1.807) is 0 Å². The second-order valence-electron chi connectivity index (χ2n) is 7.73. The van der Waals surface area contributed by atoms with Gasteiger partial charge in [-0.3, -0.25) is 0 Å². The molecular weight excluding hydrogens is 364 g/mol. The first-order valence-electron chi connectivity index (χ1n) is 11.7. The zero-order chi connectivity index (χ0) is 21.3. The third-order valence-electron chi connectivity index (χ3n) is 5.00. The van der Waals surface area contributed by atoms with Crippen LogP contribution in [0.1, 0.15) is 94.7 Å². The van der Waals surface area contributed by atoms with E-state index in [0.29, 0.717) is 0 Å². The van der Waals surface area contributed by atoms with E-state index in [-0.39, 0.29) is 0 Å². The average Bonchev–Trinajstić information content (AvgIpc) is 2.79. The minimum absolute atomic E-state index is 0.785. The number of rotatable bonds is 11. The van der Waals surface area contributed by atoms with E-state index in [2.05, 4.69) is 49.7 Å². The monoisotopic (exact) mass is 400 g/mol. The van der Waals surface area contributed by atoms with Crippen LogP contribution in [0.5, 0.6) is 5.75 Å². The van der Waals surface area contributed by atoms with E-state index in [0.717, 1.165) is 41.9 Å². The summed E-state index contributed by atoms with van der Waals surface area (Å²) in [5.41, 5.74) is 3.08. The zero-order valence-electron chi connectivity index (χ0n) is 18.8. The van der Waals surface area contributed by atoms with Crippen LogP contribution in [0.4, 0.5) is 0 Å². The molecule has 1 nitrogen and oxygen atoms in total. The maximum atomic E-state index is 5.75. The highest BCUT2D eigenvalue weighted by Gasteiger charge is 1.94. The van der Waals surface area contributed by atoms with E-state index in [1.165, 1.54) is 51.4 Å². The van der Waals surface area contributed by atoms with Crippen molar-refractivity contribution in [2.45, 2.75) is 78.1 Å². The van der Waals surface area contributed by atoms with Crippen LogP contribution in [0, 0.1) is 23.7 Å². The molecule has 30 heavy (non-hydrogen) atoms. The van der Waals surface area contributed by atoms with Gasteiger partial charge < -0.3 is 4.74 Å². The SMILES string of the molecule is CCCCCCCCC#Cc1ccc(C#Cc2ccc(OCCCCC)cc2)cc1. The van der Waals surface area contributed by atoms with Crippen molar-refractivity contribution in [1.82, 2.24) is 0 Å². The van der Waals surface area contributed by atoms with Gasteiger partial charge in [0.05, 0.1) is 6.61 Å². The first-order valence-corrected chi connectivity index (χ1v) is 11.7. The average molecular weight is 401 g/mol. The van der Waals surface area contributed by atoms with Crippen molar-refractivity contribution in [3.8, 4) is 29.4 Å². The van der Waals surface area contributed by atoms with Crippen molar-refractivity contribution < 1.29 is 4.74 Å². The normalized spacial score (nSPS) is 9.93. The van der Waals surface area contributed by atoms with E-state index in [9.17, 15) is 0 Å². The topological polar surface area (TPSA) is 9.23 Å². The highest BCUT2D eigenvalue weighted by Crippen LogP contribution is 2.13. The molecule has 0 amide bonds. The Morgan fingerprint density at radius 1 is 0.567 bits per heavy atom. The summed E-state index contributed by atoms with van der Waals surface area (Å²) >= 11 is 0. The van der Waals surface area contributed by atoms with Crippen LogP contribution in [0.2, 0.25) is 0 Å². The minimum Gasteiger partial charge on any atom is -0.494 e. The predicted molar refractivity (Wildman–Crippen MR) is 129 cm³/mol. The summed E-state index contributed by atoms with van der Waals surface area (Å²) in [7, 11) is 0. The van der Waals surface area contributed by atoms with Gasteiger partial charge in [-0.05, 0) is 61.4 Å². The van der Waals surface area contributed by atoms with Gasteiger partial charge in [0.1, 0.15) is 5.75 Å². The van der Waals surface area contributed by atoms with Gasteiger partial charge in [0.15, 0.2) is 0 Å². The second kappa shape index (κ2) is 15.2. The molecular formula is C29H36O. The van der Waals surface area contributed by atoms with Crippen molar-refractivity contribution in [3.63, 3.8) is 0 Å². The van der Waals surface area contributed by atoms with Crippen LogP contribution in [0.25, 0.3) is 0 Å². The Kier molecular flexibility index (Phi) is 12.0. The van der Waals surface area contributed by atoms with Gasteiger partial charge in [0.2, 0.25) is 0 Å². The van der Waals surface area contributed by atoms with Crippen molar-refractivity contribution in [2.75, 3.05) is 6.61 Å². The molecule has 0 saturated heterocycles. The summed E-state index contributed by atoms with van der Waals surface area (Å²) in [4.78, 5) is 0. The summed E-state index contributed by atoms with van der Waals surface area (Å²) in [6, 6.07) is 16.3. The molecule has 1 heteroatoms. The van der Waals surface area contributed by atoms with Gasteiger partial charge in [-0.25, -0.2) is 0 Å². The van der Waals surface area contributed by atoms with Gasteiger partial charge >= 0.3 is 0 Å². The van der Waals surface area contributed by atoms with Gasteiger partial charge in [-0.2, -0.15) is 0 Å². The molecule has 158 valence electrons. The van der Waals surface area contributed by atoms with Crippen LogP contribution in [-0.2, 0) is 0 Å². The number of unbranched alkanes of at least 4 members (excludes halogenated alkanes) is 8. The van der Waals surface area contributed by atoms with E-state index in [1.807, 2.05) is 36.4 Å². The smallest absolute Gasteiger partial charge is 0.119 e. The molecule has 2 aromatic rings. The summed E-state index contributed by atoms with van der Waals surface area (Å²) in [5.74, 6) is 13.9. The van der Waals surface area contributed by atoms with Crippen molar-refractivity contribution in [3.05, 3.63) is 65.2 Å². The quantitative estimate of drug-likeness (QED) is 0.277. The molecule has 2 aromatic carbocycles. The lowest BCUT2D eigenvalue weighted by molar-refractivity contribution is 0.306. The molecule has 0 aromatic heterocycles. The van der Waals surface area contributed by atoms with E-state index >= 15 is 0 Å². The molecule has 0 aliphatic rings. The molecule has 0 N–H and O–H groups in total. The maximum absolute atomic E-state index is 5.75. The van der Waals surface area contributed by atoms with Crippen LogP contribution < -0.4 is 4.74 Å². The highest BCUT2D eigenvalue weighted by atomic mass is 16.5. The van der Waals surface area contributed by atoms with Crippen LogP contribution in [0.3, 0.4) is 0 Å². The van der Waals surface area contributed by atoms with Crippen molar-refractivity contribution in [2.24, 2.45) is 0 Å². The van der Waals surface area contributed by atoms with Crippen LogP contribution >= 0.6 is 0 Å². The number of ether oxygens (including phenoxy) is 1. The molecule has 0 fully saturated rings. The minimum atomic E-state index is 0.785. The molecule has 0 heterocycles. The Morgan fingerprint density at radius 3 is 1.70 bits per heavy atom. The number of hydrogen-bond donors (Lipinski definition) is 0. The summed E-state index contributed by atoms with van der Waals surface area (Å²) < 4.78 is 5.75. The molecule has 0 bridgehead atoms. The Balaban J connectivity index is 1.76. The Labute approximate surface area is 184 Å². The first kappa shape index (κ1) is 23.6. The summed E-state index contributed by atoms with van der Waals surface area (Å²) in [5, 5.41) is 0. The Morgan fingerprint density at radius 2 is 1.07 bits per heavy atom. The predicted octanol–water partition coefficient (Wildman–Crippen LogP) is 7.76. The molecule has 0 saturated carbocycles. The van der Waals surface area contributed by atoms with Gasteiger partial charge in [-0.1, -0.05) is 82.5 Å². The summed E-state index contributed by atoms with van der Waals surface area (Å²) in [6.45, 7) is 5.24. The highest BCUT2D eigenvalue weighted by molar-refractivity contribution is 5.46. The standard InChI is InChI=1S/C29H36O/c1-3-5-7-8-9-10-11-12-14-26-15-17-27(18-16-26)19-20-28-21-23-29(24-22-28)30-25-13-6-4-2/h15-18,21-24H,3-11,13,25H2,1-2H3. The van der Waals surface area contributed by atoms with E-state index < -0.39 is 0 Å². The lowest BCUT2D eigenvalue weighted by Crippen LogP contribution is -1.96. The lowest BCUT2D eigenvalue weighted by Gasteiger charge is -2.05. The number of hydrogen-bond acceptors (Lipinski definition) is 1. The fourth-order valence-electron chi connectivity index (χ4n) is 3.12. The van der Waals surface area contributed by atoms with Crippen molar-refractivity contribution >= 4 is 0 Å². The third-order valence-corrected chi connectivity index (χ3v) is 5.00. The summed E-state index contributed by atoms with van der Waals surface area (Å²) in [6.07, 6.45) is 12.4. The molecule has 0 spiro atoms. The maximum Gasteiger partial charge on any atom is 0.119 e. The van der Waals surface area contributed by atoms with Crippen LogP contribution in [-0.4, -0.2) is 6.61 Å². The van der Waals surface area contributed by atoms with Crippen LogP contribution in [0.15, 0.2) is 48.5 Å². The largest absolute Gasteiger partial charge is 0.494 e. The Bertz CT molecular complexity index is 822. The zero-order valence-corrected chi connectivity index (χ0v) is 18.8. The number of benzene rings is 2. The Hall–Kier alpha value is -2.64. The fourth-order valence-corrected chi connectivity index (χ4v) is 3.12. The second-order valence-corrected chi connectivity index (χ2v) is 7.73. The van der Waals surface area contributed by atoms with Gasteiger partial charge in [0.25, 0.3) is 0 Å². The first-order chi connectivity index (χ1) is 14.8. The van der Waals surface area contributed by atoms with Gasteiger partial charge in [0, 0.05) is 23.1 Å². The molecule has 0 unspecified atom stereocenters. The fraction of sp³-hybridized carbons (Fsp3) is 0.448. The van der Waals surface area contributed by atoms with Crippen molar-refractivity contribution in [1.29, 1.82) is 0 Å². The molecule has 0 aliphatic heterocycles. The lowest BCUT2D eigenvalue weighted by atomic mass is 10.1. The van der Waals surface area contributed by atoms with E-state index in [4.69, 9.17) is 4.74 Å². The third kappa shape index (κ3) is 10.2. The molecule has 0 atom stereocenters. The van der Waals surface area contributed by atoms with Gasteiger partial charge in [-0.15, -0.1) is 0 Å². The molecule has 0 radical (unpaired) electrons. The molecule has 0 aliphatic carbocycles. The molecule has 2 rings (SSSR count).